The Labute approximate surface area is 115 Å². The van der Waals surface area contributed by atoms with Gasteiger partial charge in [-0.2, -0.15) is 0 Å². The van der Waals surface area contributed by atoms with Crippen LogP contribution in [-0.4, -0.2) is 34.3 Å². The quantitative estimate of drug-likeness (QED) is 0.837. The fraction of sp³-hybridized carbons (Fsp3) is 0.462. The second kappa shape index (κ2) is 7.47. The number of rotatable bonds is 6. The molecule has 0 saturated carbocycles. The number of hydrogen-bond acceptors (Lipinski definition) is 5. The van der Waals surface area contributed by atoms with E-state index in [1.165, 1.54) is 32.2 Å². The van der Waals surface area contributed by atoms with Gasteiger partial charge in [-0.15, -0.1) is 0 Å². The van der Waals surface area contributed by atoms with Gasteiger partial charge in [0, 0.05) is 12.7 Å². The summed E-state index contributed by atoms with van der Waals surface area (Å²) in [6.45, 7) is 1.42. The molecule has 0 radical (unpaired) electrons. The summed E-state index contributed by atoms with van der Waals surface area (Å²) in [4.78, 5) is 10.8. The van der Waals surface area contributed by atoms with Crippen LogP contribution in [-0.2, 0) is 4.79 Å². The minimum atomic E-state index is -1.39. The van der Waals surface area contributed by atoms with Gasteiger partial charge in [-0.1, -0.05) is 17.8 Å². The lowest BCUT2D eigenvalue weighted by molar-refractivity contribution is -0.109. The normalized spacial score (nSPS) is 13.9. The van der Waals surface area contributed by atoms with Crippen LogP contribution in [0.4, 0.5) is 4.39 Å². The number of benzene rings is 1. The highest BCUT2D eigenvalue weighted by Gasteiger charge is 2.25. The van der Waals surface area contributed by atoms with Gasteiger partial charge < -0.3 is 14.9 Å². The predicted molar refractivity (Wildman–Crippen MR) is 71.7 cm³/mol. The summed E-state index contributed by atoms with van der Waals surface area (Å²) < 4.78 is 18.7. The van der Waals surface area contributed by atoms with E-state index in [0.717, 1.165) is 11.8 Å². The zero-order chi connectivity index (χ0) is 14.4. The average Bonchev–Trinajstić information content (AvgIpc) is 2.37. The van der Waals surface area contributed by atoms with E-state index in [4.69, 9.17) is 4.74 Å². The molecule has 1 rings (SSSR count). The maximum absolute atomic E-state index is 13.7. The lowest BCUT2D eigenvalue weighted by Crippen LogP contribution is -2.21. The molecule has 2 unspecified atom stereocenters. The van der Waals surface area contributed by atoms with Crippen molar-refractivity contribution in [2.75, 3.05) is 12.9 Å². The second-order valence-corrected chi connectivity index (χ2v) is 5.27. The number of hydrogen-bond donors (Lipinski definition) is 2. The third-order valence-electron chi connectivity index (χ3n) is 2.61. The second-order valence-electron chi connectivity index (χ2n) is 4.00. The highest BCUT2D eigenvalue weighted by molar-refractivity contribution is 8.13. The Bertz CT molecular complexity index is 439. The highest BCUT2D eigenvalue weighted by Crippen LogP contribution is 2.31. The fourth-order valence-electron chi connectivity index (χ4n) is 1.66. The van der Waals surface area contributed by atoms with Crippen molar-refractivity contribution in [1.82, 2.24) is 0 Å². The van der Waals surface area contributed by atoms with Crippen LogP contribution < -0.4 is 4.74 Å². The third-order valence-corrected chi connectivity index (χ3v) is 3.46. The molecule has 19 heavy (non-hydrogen) atoms. The molecule has 0 heterocycles. The molecule has 106 valence electrons. The van der Waals surface area contributed by atoms with Crippen LogP contribution in [0.25, 0.3) is 0 Å². The van der Waals surface area contributed by atoms with Crippen molar-refractivity contribution in [1.29, 1.82) is 0 Å². The van der Waals surface area contributed by atoms with Gasteiger partial charge in [0.2, 0.25) is 0 Å². The maximum Gasteiger partial charge on any atom is 0.185 e. The molecule has 0 fully saturated rings. The number of halogens is 1. The summed E-state index contributed by atoms with van der Waals surface area (Å²) in [5.74, 6) is -0.0828. The zero-order valence-electron chi connectivity index (χ0n) is 10.8. The van der Waals surface area contributed by atoms with Crippen LogP contribution in [0.5, 0.6) is 5.75 Å². The molecular formula is C13H17FO4S. The van der Waals surface area contributed by atoms with E-state index in [-0.39, 0.29) is 22.8 Å². The van der Waals surface area contributed by atoms with E-state index in [1.54, 1.807) is 0 Å². The molecule has 1 aromatic rings. The summed E-state index contributed by atoms with van der Waals surface area (Å²) >= 11 is 1.05. The number of thioether (sulfide) groups is 1. The van der Waals surface area contributed by atoms with E-state index >= 15 is 0 Å². The first kappa shape index (κ1) is 15.9. The minimum Gasteiger partial charge on any atom is -0.496 e. The number of methoxy groups -OCH3 is 1. The Balaban J connectivity index is 2.76. The largest absolute Gasteiger partial charge is 0.496 e. The topological polar surface area (TPSA) is 66.8 Å². The molecule has 6 heteroatoms. The lowest BCUT2D eigenvalue weighted by Gasteiger charge is -2.20. The fourth-order valence-corrected chi connectivity index (χ4v) is 2.30. The molecule has 0 aliphatic rings. The Kier molecular flexibility index (Phi) is 6.27. The zero-order valence-corrected chi connectivity index (χ0v) is 11.6. The van der Waals surface area contributed by atoms with Crippen molar-refractivity contribution in [2.45, 2.75) is 25.6 Å². The maximum atomic E-state index is 13.7. The van der Waals surface area contributed by atoms with Gasteiger partial charge >= 0.3 is 0 Å². The van der Waals surface area contributed by atoms with Gasteiger partial charge in [0.25, 0.3) is 0 Å². The molecule has 0 bridgehead atoms. The summed E-state index contributed by atoms with van der Waals surface area (Å²) in [5.41, 5.74) is -0.0645. The molecule has 1 aromatic carbocycles. The van der Waals surface area contributed by atoms with Crippen molar-refractivity contribution < 1.29 is 24.1 Å². The SMILES string of the molecule is COc1cccc(F)c1C(O)C(O)CCSC(C)=O. The first-order valence-corrected chi connectivity index (χ1v) is 6.77. The molecule has 0 spiro atoms. The van der Waals surface area contributed by atoms with E-state index in [2.05, 4.69) is 0 Å². The van der Waals surface area contributed by atoms with E-state index in [9.17, 15) is 19.4 Å². The van der Waals surface area contributed by atoms with Crippen molar-refractivity contribution in [3.63, 3.8) is 0 Å². The van der Waals surface area contributed by atoms with Crippen molar-refractivity contribution in [2.24, 2.45) is 0 Å². The molecular weight excluding hydrogens is 271 g/mol. The van der Waals surface area contributed by atoms with Gasteiger partial charge in [0.05, 0.1) is 18.8 Å². The number of aliphatic hydroxyl groups excluding tert-OH is 2. The Hall–Kier alpha value is -1.11. The van der Waals surface area contributed by atoms with Crippen LogP contribution in [0.1, 0.15) is 25.0 Å². The standard InChI is InChI=1S/C13H17FO4S/c1-8(15)19-7-6-10(16)13(17)12-9(14)4-3-5-11(12)18-2/h3-5,10,13,16-17H,6-7H2,1-2H3. The van der Waals surface area contributed by atoms with Gasteiger partial charge in [-0.25, -0.2) is 4.39 Å². The van der Waals surface area contributed by atoms with Gasteiger partial charge in [-0.05, 0) is 18.6 Å². The van der Waals surface area contributed by atoms with Crippen LogP contribution in [0.3, 0.4) is 0 Å². The molecule has 2 atom stereocenters. The number of ether oxygens (including phenoxy) is 1. The first-order valence-electron chi connectivity index (χ1n) is 5.79. The number of carbonyl (C=O) groups is 1. The minimum absolute atomic E-state index is 0.0645. The van der Waals surface area contributed by atoms with E-state index < -0.39 is 18.0 Å². The van der Waals surface area contributed by atoms with Gasteiger partial charge in [0.1, 0.15) is 17.7 Å². The molecule has 4 nitrogen and oxygen atoms in total. The van der Waals surface area contributed by atoms with Crippen LogP contribution in [0, 0.1) is 5.82 Å². The van der Waals surface area contributed by atoms with Crippen molar-refractivity contribution >= 4 is 16.9 Å². The monoisotopic (exact) mass is 288 g/mol. The third kappa shape index (κ3) is 4.49. The first-order chi connectivity index (χ1) is 8.97. The summed E-state index contributed by atoms with van der Waals surface area (Å²) in [6.07, 6.45) is -2.36. The summed E-state index contributed by atoms with van der Waals surface area (Å²) in [7, 11) is 1.36. The van der Waals surface area contributed by atoms with Crippen molar-refractivity contribution in [3.05, 3.63) is 29.6 Å². The Morgan fingerprint density at radius 2 is 2.16 bits per heavy atom. The molecule has 2 N–H and O–H groups in total. The van der Waals surface area contributed by atoms with E-state index in [1.807, 2.05) is 0 Å². The molecule has 0 amide bonds. The number of aliphatic hydroxyl groups is 2. The Morgan fingerprint density at radius 3 is 2.74 bits per heavy atom. The lowest BCUT2D eigenvalue weighted by atomic mass is 10.0. The molecule has 0 saturated heterocycles. The van der Waals surface area contributed by atoms with Gasteiger partial charge in [0.15, 0.2) is 5.12 Å². The molecule has 0 aliphatic carbocycles. The average molecular weight is 288 g/mol. The van der Waals surface area contributed by atoms with Crippen molar-refractivity contribution in [3.8, 4) is 5.75 Å². The number of carbonyl (C=O) groups excluding carboxylic acids is 1. The van der Waals surface area contributed by atoms with Crippen LogP contribution in [0.2, 0.25) is 0 Å². The smallest absolute Gasteiger partial charge is 0.185 e. The molecule has 0 aromatic heterocycles. The molecule has 0 aliphatic heterocycles. The van der Waals surface area contributed by atoms with Crippen LogP contribution in [0.15, 0.2) is 18.2 Å². The summed E-state index contributed by atoms with van der Waals surface area (Å²) in [5, 5.41) is 19.7. The summed E-state index contributed by atoms with van der Waals surface area (Å²) in [6, 6.07) is 4.17. The van der Waals surface area contributed by atoms with Crippen LogP contribution >= 0.6 is 11.8 Å². The van der Waals surface area contributed by atoms with Gasteiger partial charge in [-0.3, -0.25) is 4.79 Å². The van der Waals surface area contributed by atoms with E-state index in [0.29, 0.717) is 5.75 Å². The highest BCUT2D eigenvalue weighted by atomic mass is 32.2. The Morgan fingerprint density at radius 1 is 1.47 bits per heavy atom. The predicted octanol–water partition coefficient (Wildman–Crippen LogP) is 1.90.